The van der Waals surface area contributed by atoms with E-state index in [-0.39, 0.29) is 25.7 Å². The molecule has 1 aromatic rings. The highest BCUT2D eigenvalue weighted by Gasteiger charge is 2.57. The first-order valence-electron chi connectivity index (χ1n) is 15.9. The topological polar surface area (TPSA) is 214 Å². The molecule has 4 unspecified atom stereocenters. The average Bonchev–Trinajstić information content (AvgIpc) is 2.99. The predicted molar refractivity (Wildman–Crippen MR) is 165 cm³/mol. The molecule has 2 aliphatic carbocycles. The molecule has 12 nitrogen and oxygen atoms in total. The highest BCUT2D eigenvalue weighted by atomic mass is 16.3. The Hall–Kier alpha value is -4.35. The summed E-state index contributed by atoms with van der Waals surface area (Å²) < 4.78 is 0. The normalized spacial score (nSPS) is 24.1. The zero-order chi connectivity index (χ0) is 35.9. The summed E-state index contributed by atoms with van der Waals surface area (Å²) in [5.41, 5.74) is -5.38. The number of ketones is 9. The lowest BCUT2D eigenvalue weighted by Gasteiger charge is -2.36. The second-order valence-electron chi connectivity index (χ2n) is 13.5. The van der Waals surface area contributed by atoms with Crippen LogP contribution in [0.4, 0.5) is 0 Å². The molecule has 0 saturated heterocycles. The summed E-state index contributed by atoms with van der Waals surface area (Å²) in [6, 6.07) is 0. The third-order valence-corrected chi connectivity index (χ3v) is 9.56. The Morgan fingerprint density at radius 2 is 0.957 bits per heavy atom. The second kappa shape index (κ2) is 13.4. The number of phenols is 3. The molecule has 254 valence electrons. The van der Waals surface area contributed by atoms with E-state index in [9.17, 15) is 58.5 Å². The number of carbonyl (C=O) groups excluding carboxylic acids is 9. The molecule has 0 radical (unpaired) electrons. The van der Waals surface area contributed by atoms with Gasteiger partial charge in [0.1, 0.15) is 34.6 Å². The molecule has 2 fully saturated rings. The molecule has 0 bridgehead atoms. The van der Waals surface area contributed by atoms with Gasteiger partial charge in [0.25, 0.3) is 0 Å². The van der Waals surface area contributed by atoms with E-state index in [1.165, 1.54) is 34.6 Å². The molecule has 0 aromatic heterocycles. The Kier molecular flexibility index (Phi) is 10.6. The number of rotatable bonds is 12. The maximum Gasteiger partial charge on any atom is 0.170 e. The summed E-state index contributed by atoms with van der Waals surface area (Å²) in [6.07, 6.45) is -1.47. The highest BCUT2D eigenvalue weighted by Crippen LogP contribution is 2.48. The molecule has 2 aliphatic rings. The summed E-state index contributed by atoms with van der Waals surface area (Å²) in [4.78, 5) is 119. The number of benzene rings is 1. The van der Waals surface area contributed by atoms with Gasteiger partial charge in [0.2, 0.25) is 0 Å². The van der Waals surface area contributed by atoms with E-state index in [2.05, 4.69) is 0 Å². The summed E-state index contributed by atoms with van der Waals surface area (Å²) in [6.45, 7) is 9.79. The van der Waals surface area contributed by atoms with Crippen molar-refractivity contribution >= 4 is 52.0 Å². The van der Waals surface area contributed by atoms with Crippen molar-refractivity contribution in [2.45, 2.75) is 93.4 Å². The maximum atomic E-state index is 13.6. The molecular weight excluding hydrogens is 612 g/mol. The molecule has 4 atom stereocenters. The van der Waals surface area contributed by atoms with Gasteiger partial charge in [-0.05, 0) is 53.4 Å². The van der Waals surface area contributed by atoms with Gasteiger partial charge in [-0.1, -0.05) is 20.8 Å². The third kappa shape index (κ3) is 6.09. The van der Waals surface area contributed by atoms with Crippen LogP contribution in [0, 0.1) is 34.5 Å². The van der Waals surface area contributed by atoms with Gasteiger partial charge in [0.05, 0.1) is 22.7 Å². The van der Waals surface area contributed by atoms with Crippen molar-refractivity contribution in [3.8, 4) is 17.2 Å². The molecule has 0 spiro atoms. The monoisotopic (exact) mass is 654 g/mol. The minimum atomic E-state index is -1.79. The van der Waals surface area contributed by atoms with Crippen molar-refractivity contribution < 1.29 is 58.5 Å². The fourth-order valence-corrected chi connectivity index (χ4v) is 6.58. The van der Waals surface area contributed by atoms with Crippen molar-refractivity contribution in [3.05, 3.63) is 16.7 Å². The van der Waals surface area contributed by atoms with Gasteiger partial charge in [-0.3, -0.25) is 43.2 Å². The number of Topliss-reactive ketones (excluding diaryl/α,β-unsaturated/α-hetero) is 9. The standard InChI is InChI=1S/C35H42O12/c1-8-11-20(37)22-26(40)15(13-17-28(42)23(19(36)10-3)32(46)34(4,5)30(17)44)25(39)16(27(22)41)14-18-29(43)24(21(38)12-9-2)33(47)35(6,7)31(18)45/h17-18,23-24,39-41H,8-14H2,1-7H3. The Bertz CT molecular complexity index is 1610. The fourth-order valence-electron chi connectivity index (χ4n) is 6.58. The second-order valence-corrected chi connectivity index (χ2v) is 13.5. The molecule has 47 heavy (non-hydrogen) atoms. The van der Waals surface area contributed by atoms with Crippen LogP contribution < -0.4 is 0 Å². The number of hydrogen-bond acceptors (Lipinski definition) is 12. The number of hydrogen-bond donors (Lipinski definition) is 3. The van der Waals surface area contributed by atoms with Gasteiger partial charge in [-0.15, -0.1) is 0 Å². The molecular formula is C35H42O12. The highest BCUT2D eigenvalue weighted by molar-refractivity contribution is 6.34. The first kappa shape index (κ1) is 37.1. The summed E-state index contributed by atoms with van der Waals surface area (Å²) in [5.74, 6) is -17.6. The summed E-state index contributed by atoms with van der Waals surface area (Å²) in [5, 5.41) is 34.0. The molecule has 2 saturated carbocycles. The minimum Gasteiger partial charge on any atom is -0.507 e. The fraction of sp³-hybridized carbons (Fsp3) is 0.571. The van der Waals surface area contributed by atoms with Crippen LogP contribution in [0.1, 0.15) is 102 Å². The SMILES string of the molecule is CCCC(=O)c1c(O)c(CC2C(=O)C(C(=O)CC)C(=O)C(C)(C)C2=O)c(O)c(CC2C(=O)C(C(=O)CCC)C(=O)C(C)(C)C2=O)c1O. The molecule has 0 aliphatic heterocycles. The van der Waals surface area contributed by atoms with E-state index in [4.69, 9.17) is 0 Å². The number of carbonyl (C=O) groups is 9. The van der Waals surface area contributed by atoms with Gasteiger partial charge >= 0.3 is 0 Å². The van der Waals surface area contributed by atoms with Crippen LogP contribution >= 0.6 is 0 Å². The van der Waals surface area contributed by atoms with Crippen molar-refractivity contribution in [1.29, 1.82) is 0 Å². The van der Waals surface area contributed by atoms with Gasteiger partial charge in [0.15, 0.2) is 52.0 Å². The van der Waals surface area contributed by atoms with Gasteiger partial charge in [-0.25, -0.2) is 0 Å². The number of aromatic hydroxyl groups is 3. The van der Waals surface area contributed by atoms with E-state index in [1.54, 1.807) is 13.8 Å². The van der Waals surface area contributed by atoms with Gasteiger partial charge in [0, 0.05) is 30.4 Å². The first-order chi connectivity index (χ1) is 21.7. The smallest absolute Gasteiger partial charge is 0.170 e. The van der Waals surface area contributed by atoms with Crippen molar-refractivity contribution in [2.75, 3.05) is 0 Å². The van der Waals surface area contributed by atoms with Crippen molar-refractivity contribution in [2.24, 2.45) is 34.5 Å². The van der Waals surface area contributed by atoms with E-state index in [1.807, 2.05) is 0 Å². The average molecular weight is 655 g/mol. The lowest BCUT2D eigenvalue weighted by molar-refractivity contribution is -0.159. The van der Waals surface area contributed by atoms with Crippen molar-refractivity contribution in [1.82, 2.24) is 0 Å². The predicted octanol–water partition coefficient (Wildman–Crippen LogP) is 3.18. The zero-order valence-electron chi connectivity index (χ0n) is 27.8. The molecule has 3 N–H and O–H groups in total. The zero-order valence-corrected chi connectivity index (χ0v) is 27.8. The molecule has 12 heteroatoms. The van der Waals surface area contributed by atoms with E-state index >= 15 is 0 Å². The van der Waals surface area contributed by atoms with E-state index in [0.717, 1.165) is 0 Å². The van der Waals surface area contributed by atoms with Crippen LogP contribution in [-0.4, -0.2) is 67.4 Å². The largest absolute Gasteiger partial charge is 0.507 e. The molecule has 0 heterocycles. The van der Waals surface area contributed by atoms with E-state index in [0.29, 0.717) is 6.42 Å². The molecule has 1 aromatic carbocycles. The Balaban J connectivity index is 2.26. The van der Waals surface area contributed by atoms with Crippen LogP contribution in [0.3, 0.4) is 0 Å². The van der Waals surface area contributed by atoms with Gasteiger partial charge < -0.3 is 15.3 Å². The molecule has 0 amide bonds. The van der Waals surface area contributed by atoms with Crippen LogP contribution in [-0.2, 0) is 51.2 Å². The third-order valence-electron chi connectivity index (χ3n) is 9.56. The first-order valence-corrected chi connectivity index (χ1v) is 15.9. The van der Waals surface area contributed by atoms with Crippen LogP contribution in [0.15, 0.2) is 0 Å². The van der Waals surface area contributed by atoms with Crippen LogP contribution in [0.25, 0.3) is 0 Å². The lowest BCUT2D eigenvalue weighted by atomic mass is 9.61. The quantitative estimate of drug-likeness (QED) is 0.219. The number of phenolic OH excluding ortho intramolecular Hbond substituents is 3. The Morgan fingerprint density at radius 1 is 0.574 bits per heavy atom. The van der Waals surface area contributed by atoms with E-state index < -0.39 is 133 Å². The Morgan fingerprint density at radius 3 is 1.32 bits per heavy atom. The van der Waals surface area contributed by atoms with Gasteiger partial charge in [-0.2, -0.15) is 0 Å². The maximum absolute atomic E-state index is 13.6. The van der Waals surface area contributed by atoms with Crippen molar-refractivity contribution in [3.63, 3.8) is 0 Å². The lowest BCUT2D eigenvalue weighted by Crippen LogP contribution is -2.56. The Labute approximate surface area is 272 Å². The summed E-state index contributed by atoms with van der Waals surface area (Å²) in [7, 11) is 0. The van der Waals surface area contributed by atoms with Crippen LogP contribution in [0.5, 0.6) is 17.2 Å². The summed E-state index contributed by atoms with van der Waals surface area (Å²) >= 11 is 0. The van der Waals surface area contributed by atoms with Crippen LogP contribution in [0.2, 0.25) is 0 Å². The molecule has 3 rings (SSSR count). The minimum absolute atomic E-state index is 0.113.